The first-order valence-electron chi connectivity index (χ1n) is 9.00. The van der Waals surface area contributed by atoms with Crippen LogP contribution in [0.4, 0.5) is 0 Å². The third-order valence-electron chi connectivity index (χ3n) is 4.87. The molecule has 0 aromatic heterocycles. The molecule has 2 fully saturated rings. The maximum absolute atomic E-state index is 12.7. The van der Waals surface area contributed by atoms with Gasteiger partial charge in [-0.05, 0) is 30.2 Å². The van der Waals surface area contributed by atoms with Gasteiger partial charge in [0.15, 0.2) is 0 Å². The maximum atomic E-state index is 12.7. The smallest absolute Gasteiger partial charge is 0.253 e. The summed E-state index contributed by atoms with van der Waals surface area (Å²) in [5.41, 5.74) is 0.735. The number of benzene rings is 1. The van der Waals surface area contributed by atoms with E-state index in [2.05, 4.69) is 19.2 Å². The molecule has 0 aliphatic carbocycles. The van der Waals surface area contributed by atoms with Gasteiger partial charge in [0.05, 0.1) is 13.2 Å². The molecule has 0 radical (unpaired) electrons. The second kappa shape index (κ2) is 7.99. The van der Waals surface area contributed by atoms with Crippen LogP contribution >= 0.6 is 0 Å². The van der Waals surface area contributed by atoms with Gasteiger partial charge in [-0.2, -0.15) is 0 Å². The molecule has 132 valence electrons. The lowest BCUT2D eigenvalue weighted by Gasteiger charge is -2.35. The molecule has 2 saturated heterocycles. The number of hydrogen-bond donors (Lipinski definition) is 1. The van der Waals surface area contributed by atoms with Crippen molar-refractivity contribution in [3.8, 4) is 5.75 Å². The molecule has 2 aliphatic rings. The predicted molar refractivity (Wildman–Crippen MR) is 93.4 cm³/mol. The van der Waals surface area contributed by atoms with Crippen molar-refractivity contribution in [1.82, 2.24) is 10.2 Å². The average molecular weight is 332 g/mol. The van der Waals surface area contributed by atoms with Crippen LogP contribution in [0.25, 0.3) is 0 Å². The monoisotopic (exact) mass is 332 g/mol. The molecule has 0 saturated carbocycles. The number of hydrogen-bond acceptors (Lipinski definition) is 4. The largest absolute Gasteiger partial charge is 0.490 e. The van der Waals surface area contributed by atoms with E-state index >= 15 is 0 Å². The van der Waals surface area contributed by atoms with E-state index in [0.29, 0.717) is 12.0 Å². The highest BCUT2D eigenvalue weighted by Gasteiger charge is 2.25. The van der Waals surface area contributed by atoms with Crippen LogP contribution in [-0.4, -0.2) is 55.8 Å². The Morgan fingerprint density at radius 1 is 1.25 bits per heavy atom. The van der Waals surface area contributed by atoms with Crippen LogP contribution in [0.15, 0.2) is 24.3 Å². The summed E-state index contributed by atoms with van der Waals surface area (Å²) in [6, 6.07) is 7.95. The summed E-state index contributed by atoms with van der Waals surface area (Å²) in [7, 11) is 0. The Morgan fingerprint density at radius 3 is 2.62 bits per heavy atom. The van der Waals surface area contributed by atoms with E-state index in [1.807, 2.05) is 29.2 Å². The van der Waals surface area contributed by atoms with Crippen LogP contribution in [-0.2, 0) is 4.74 Å². The Morgan fingerprint density at radius 2 is 1.96 bits per heavy atom. The lowest BCUT2D eigenvalue weighted by Crippen LogP contribution is -2.54. The SMILES string of the molecule is CC(C)C1CN(C(=O)c2ccc(OC3CCOCC3)cc2)CCN1. The van der Waals surface area contributed by atoms with Gasteiger partial charge in [0.2, 0.25) is 0 Å². The molecule has 0 spiro atoms. The number of piperazine rings is 1. The van der Waals surface area contributed by atoms with E-state index in [1.54, 1.807) is 0 Å². The Balaban J connectivity index is 1.59. The predicted octanol–water partition coefficient (Wildman–Crippen LogP) is 2.31. The van der Waals surface area contributed by atoms with Gasteiger partial charge in [-0.25, -0.2) is 0 Å². The molecule has 2 aliphatic heterocycles. The Hall–Kier alpha value is -1.59. The van der Waals surface area contributed by atoms with Gasteiger partial charge in [-0.3, -0.25) is 4.79 Å². The van der Waals surface area contributed by atoms with Crippen molar-refractivity contribution in [3.63, 3.8) is 0 Å². The van der Waals surface area contributed by atoms with Crippen LogP contribution in [0.1, 0.15) is 37.0 Å². The number of nitrogens with zero attached hydrogens (tertiary/aromatic N) is 1. The zero-order valence-corrected chi connectivity index (χ0v) is 14.7. The zero-order valence-electron chi connectivity index (χ0n) is 14.7. The minimum atomic E-state index is 0.111. The molecule has 5 nitrogen and oxygen atoms in total. The average Bonchev–Trinajstić information content (AvgIpc) is 2.63. The van der Waals surface area contributed by atoms with Crippen LogP contribution in [0.2, 0.25) is 0 Å². The van der Waals surface area contributed by atoms with Gasteiger partial charge in [-0.1, -0.05) is 13.8 Å². The van der Waals surface area contributed by atoms with E-state index in [4.69, 9.17) is 9.47 Å². The third kappa shape index (κ3) is 4.28. The molecular weight excluding hydrogens is 304 g/mol. The topological polar surface area (TPSA) is 50.8 Å². The third-order valence-corrected chi connectivity index (χ3v) is 4.87. The summed E-state index contributed by atoms with van der Waals surface area (Å²) in [4.78, 5) is 14.7. The molecule has 1 aromatic rings. The highest BCUT2D eigenvalue weighted by Crippen LogP contribution is 2.20. The van der Waals surface area contributed by atoms with Gasteiger partial charge >= 0.3 is 0 Å². The van der Waals surface area contributed by atoms with Crippen LogP contribution in [0.3, 0.4) is 0 Å². The quantitative estimate of drug-likeness (QED) is 0.919. The van der Waals surface area contributed by atoms with E-state index in [1.165, 1.54) is 0 Å². The van der Waals surface area contributed by atoms with Gasteiger partial charge in [0, 0.05) is 44.1 Å². The number of rotatable bonds is 4. The lowest BCUT2D eigenvalue weighted by atomic mass is 10.0. The fourth-order valence-corrected chi connectivity index (χ4v) is 3.25. The molecule has 0 bridgehead atoms. The van der Waals surface area contributed by atoms with E-state index in [0.717, 1.165) is 57.0 Å². The first kappa shape index (κ1) is 17.2. The van der Waals surface area contributed by atoms with Crippen molar-refractivity contribution in [2.45, 2.75) is 38.8 Å². The molecule has 2 heterocycles. The number of carbonyl (C=O) groups is 1. The lowest BCUT2D eigenvalue weighted by molar-refractivity contribution is 0.0255. The summed E-state index contributed by atoms with van der Waals surface area (Å²) >= 11 is 0. The van der Waals surface area contributed by atoms with Crippen molar-refractivity contribution >= 4 is 5.91 Å². The van der Waals surface area contributed by atoms with Crippen molar-refractivity contribution < 1.29 is 14.3 Å². The normalized spacial score (nSPS) is 22.6. The van der Waals surface area contributed by atoms with Gasteiger partial charge in [-0.15, -0.1) is 0 Å². The number of amides is 1. The minimum Gasteiger partial charge on any atom is -0.490 e. The van der Waals surface area contributed by atoms with E-state index in [9.17, 15) is 4.79 Å². The molecule has 5 heteroatoms. The summed E-state index contributed by atoms with van der Waals surface area (Å²) in [5, 5.41) is 3.49. The van der Waals surface area contributed by atoms with Gasteiger partial charge < -0.3 is 19.7 Å². The van der Waals surface area contributed by atoms with E-state index in [-0.39, 0.29) is 12.0 Å². The standard InChI is InChI=1S/C19H28N2O3/c1-14(2)18-13-21(10-9-20-18)19(22)15-3-5-16(6-4-15)24-17-7-11-23-12-8-17/h3-6,14,17-18,20H,7-13H2,1-2H3. The Kier molecular flexibility index (Phi) is 5.74. The fraction of sp³-hybridized carbons (Fsp3) is 0.632. The summed E-state index contributed by atoms with van der Waals surface area (Å²) in [6.07, 6.45) is 2.08. The first-order chi connectivity index (χ1) is 11.6. The van der Waals surface area contributed by atoms with Crippen molar-refractivity contribution in [2.75, 3.05) is 32.8 Å². The molecule has 1 atom stereocenters. The van der Waals surface area contributed by atoms with Crippen molar-refractivity contribution in [1.29, 1.82) is 0 Å². The molecule has 1 aromatic carbocycles. The number of ether oxygens (including phenoxy) is 2. The molecule has 24 heavy (non-hydrogen) atoms. The molecule has 3 rings (SSSR count). The second-order valence-corrected chi connectivity index (χ2v) is 7.01. The van der Waals surface area contributed by atoms with Crippen LogP contribution < -0.4 is 10.1 Å². The number of carbonyl (C=O) groups excluding carboxylic acids is 1. The van der Waals surface area contributed by atoms with Crippen molar-refractivity contribution in [2.24, 2.45) is 5.92 Å². The molecular formula is C19H28N2O3. The number of nitrogens with one attached hydrogen (secondary N) is 1. The van der Waals surface area contributed by atoms with E-state index < -0.39 is 0 Å². The molecule has 1 amide bonds. The second-order valence-electron chi connectivity index (χ2n) is 7.01. The maximum Gasteiger partial charge on any atom is 0.253 e. The van der Waals surface area contributed by atoms with Gasteiger partial charge in [0.25, 0.3) is 5.91 Å². The highest BCUT2D eigenvalue weighted by molar-refractivity contribution is 5.94. The first-order valence-corrected chi connectivity index (χ1v) is 9.00. The highest BCUT2D eigenvalue weighted by atomic mass is 16.5. The summed E-state index contributed by atoms with van der Waals surface area (Å²) in [6.45, 7) is 8.31. The van der Waals surface area contributed by atoms with Crippen LogP contribution in [0, 0.1) is 5.92 Å². The summed E-state index contributed by atoms with van der Waals surface area (Å²) in [5.74, 6) is 1.47. The summed E-state index contributed by atoms with van der Waals surface area (Å²) < 4.78 is 11.3. The minimum absolute atomic E-state index is 0.111. The Labute approximate surface area is 144 Å². The zero-order chi connectivity index (χ0) is 16.9. The molecule has 1 unspecified atom stereocenters. The fourth-order valence-electron chi connectivity index (χ4n) is 3.25. The molecule has 1 N–H and O–H groups in total. The van der Waals surface area contributed by atoms with Gasteiger partial charge in [0.1, 0.15) is 11.9 Å². The van der Waals surface area contributed by atoms with Crippen molar-refractivity contribution in [3.05, 3.63) is 29.8 Å². The van der Waals surface area contributed by atoms with Crippen LogP contribution in [0.5, 0.6) is 5.75 Å². The Bertz CT molecular complexity index is 538.